The van der Waals surface area contributed by atoms with Gasteiger partial charge in [0.1, 0.15) is 13.2 Å². The lowest BCUT2D eigenvalue weighted by Crippen LogP contribution is -2.37. The van der Waals surface area contributed by atoms with Gasteiger partial charge in [-0.25, -0.2) is 0 Å². The number of esters is 1. The number of carbonyl (C=O) groups is 2. The number of nitrogens with one attached hydrogen (secondary N) is 1. The van der Waals surface area contributed by atoms with E-state index in [0.717, 1.165) is 24.0 Å². The van der Waals surface area contributed by atoms with E-state index in [2.05, 4.69) is 5.32 Å². The van der Waals surface area contributed by atoms with Crippen molar-refractivity contribution in [3.05, 3.63) is 58.6 Å². The maximum Gasteiger partial charge on any atom is 0.317 e. The minimum Gasteiger partial charge on any atom is -0.486 e. The van der Waals surface area contributed by atoms with Crippen molar-refractivity contribution >= 4 is 23.5 Å². The Morgan fingerprint density at radius 3 is 2.43 bits per heavy atom. The Bertz CT molecular complexity index is 922. The van der Waals surface area contributed by atoms with Crippen LogP contribution in [-0.4, -0.2) is 31.7 Å². The van der Waals surface area contributed by atoms with Gasteiger partial charge in [-0.05, 0) is 48.2 Å². The Labute approximate surface area is 180 Å². The zero-order valence-corrected chi connectivity index (χ0v) is 17.4. The van der Waals surface area contributed by atoms with Crippen LogP contribution in [0.5, 0.6) is 11.5 Å². The molecule has 0 aromatic heterocycles. The van der Waals surface area contributed by atoms with Crippen molar-refractivity contribution in [3.8, 4) is 11.5 Å². The van der Waals surface area contributed by atoms with Gasteiger partial charge in [-0.3, -0.25) is 9.59 Å². The van der Waals surface area contributed by atoms with E-state index in [1.54, 1.807) is 12.1 Å². The van der Waals surface area contributed by atoms with Crippen molar-refractivity contribution in [2.24, 2.45) is 0 Å². The van der Waals surface area contributed by atoms with E-state index in [1.165, 1.54) is 0 Å². The summed E-state index contributed by atoms with van der Waals surface area (Å²) in [6.45, 7) is 1.05. The number of hydrogen-bond acceptors (Lipinski definition) is 5. The van der Waals surface area contributed by atoms with Gasteiger partial charge in [0.05, 0.1) is 5.41 Å². The smallest absolute Gasteiger partial charge is 0.317 e. The van der Waals surface area contributed by atoms with Crippen LogP contribution in [0.2, 0.25) is 5.02 Å². The molecule has 1 saturated carbocycles. The molecular formula is C23H24ClNO5. The summed E-state index contributed by atoms with van der Waals surface area (Å²) in [5, 5.41) is 3.40. The van der Waals surface area contributed by atoms with Gasteiger partial charge in [0.15, 0.2) is 18.1 Å². The Morgan fingerprint density at radius 2 is 1.70 bits per heavy atom. The third-order valence-electron chi connectivity index (χ3n) is 5.68. The van der Waals surface area contributed by atoms with Gasteiger partial charge in [0, 0.05) is 11.6 Å². The van der Waals surface area contributed by atoms with Crippen molar-refractivity contribution < 1.29 is 23.8 Å². The second kappa shape index (κ2) is 8.96. The van der Waals surface area contributed by atoms with Crippen molar-refractivity contribution in [3.63, 3.8) is 0 Å². The highest BCUT2D eigenvalue weighted by molar-refractivity contribution is 6.30. The molecule has 0 spiro atoms. The molecule has 1 heterocycles. The van der Waals surface area contributed by atoms with Crippen LogP contribution in [0.3, 0.4) is 0 Å². The fourth-order valence-electron chi connectivity index (χ4n) is 4.05. The Balaban J connectivity index is 1.39. The van der Waals surface area contributed by atoms with Crippen LogP contribution in [0, 0.1) is 0 Å². The molecule has 0 atom stereocenters. The van der Waals surface area contributed by atoms with Gasteiger partial charge in [-0.15, -0.1) is 0 Å². The number of rotatable bonds is 6. The second-order valence-electron chi connectivity index (χ2n) is 7.63. The Hall–Kier alpha value is -2.73. The molecule has 1 aliphatic carbocycles. The Kier molecular flexibility index (Phi) is 6.13. The van der Waals surface area contributed by atoms with E-state index in [1.807, 2.05) is 30.3 Å². The third-order valence-corrected chi connectivity index (χ3v) is 5.93. The molecule has 2 aliphatic rings. The van der Waals surface area contributed by atoms with E-state index < -0.39 is 5.41 Å². The maximum atomic E-state index is 13.1. The molecule has 0 bridgehead atoms. The lowest BCUT2D eigenvalue weighted by atomic mass is 9.78. The molecule has 30 heavy (non-hydrogen) atoms. The molecule has 158 valence electrons. The van der Waals surface area contributed by atoms with Crippen molar-refractivity contribution in [2.75, 3.05) is 19.8 Å². The van der Waals surface area contributed by atoms with Gasteiger partial charge in [0.25, 0.3) is 5.91 Å². The number of halogens is 1. The van der Waals surface area contributed by atoms with Crippen LogP contribution < -0.4 is 14.8 Å². The van der Waals surface area contributed by atoms with E-state index in [4.69, 9.17) is 25.8 Å². The highest BCUT2D eigenvalue weighted by Crippen LogP contribution is 2.45. The average Bonchev–Trinajstić information content (AvgIpc) is 3.28. The molecule has 7 heteroatoms. The number of carbonyl (C=O) groups excluding carboxylic acids is 2. The van der Waals surface area contributed by atoms with Gasteiger partial charge in [-0.1, -0.05) is 42.6 Å². The van der Waals surface area contributed by atoms with E-state index in [-0.39, 0.29) is 18.5 Å². The first-order valence-electron chi connectivity index (χ1n) is 10.2. The van der Waals surface area contributed by atoms with Crippen LogP contribution in [0.1, 0.15) is 36.8 Å². The third kappa shape index (κ3) is 4.38. The molecule has 1 aliphatic heterocycles. The number of hydrogen-bond donors (Lipinski definition) is 1. The average molecular weight is 430 g/mol. The summed E-state index contributed by atoms with van der Waals surface area (Å²) < 4.78 is 16.7. The minimum atomic E-state index is -0.744. The summed E-state index contributed by atoms with van der Waals surface area (Å²) in [6, 6.07) is 12.8. The van der Waals surface area contributed by atoms with Gasteiger partial charge < -0.3 is 19.5 Å². The van der Waals surface area contributed by atoms with Gasteiger partial charge in [-0.2, -0.15) is 0 Å². The van der Waals surface area contributed by atoms with E-state index in [0.29, 0.717) is 49.1 Å². The van der Waals surface area contributed by atoms with E-state index >= 15 is 0 Å². The predicted molar refractivity (Wildman–Crippen MR) is 112 cm³/mol. The fourth-order valence-corrected chi connectivity index (χ4v) is 4.18. The van der Waals surface area contributed by atoms with Crippen LogP contribution in [0.15, 0.2) is 42.5 Å². The summed E-state index contributed by atoms with van der Waals surface area (Å²) in [5.41, 5.74) is 1.03. The normalized spacial score (nSPS) is 16.7. The summed E-state index contributed by atoms with van der Waals surface area (Å²) in [5.74, 6) is 0.638. The summed E-state index contributed by atoms with van der Waals surface area (Å²) in [4.78, 5) is 25.2. The maximum absolute atomic E-state index is 13.1. The van der Waals surface area contributed by atoms with E-state index in [9.17, 15) is 9.59 Å². The standard InChI is InChI=1S/C23H24ClNO5/c24-18-6-3-16(4-7-18)14-25-21(26)15-30-22(27)23(9-1-2-10-23)17-5-8-19-20(13-17)29-12-11-28-19/h3-8,13H,1-2,9-12,14-15H2,(H,25,26). The molecular weight excluding hydrogens is 406 g/mol. The molecule has 0 saturated heterocycles. The lowest BCUT2D eigenvalue weighted by molar-refractivity contribution is -0.154. The highest BCUT2D eigenvalue weighted by Gasteiger charge is 2.45. The summed E-state index contributed by atoms with van der Waals surface area (Å²) in [7, 11) is 0. The molecule has 1 N–H and O–H groups in total. The largest absolute Gasteiger partial charge is 0.486 e. The molecule has 2 aromatic carbocycles. The number of benzene rings is 2. The van der Waals surface area contributed by atoms with Crippen molar-refractivity contribution in [1.82, 2.24) is 5.32 Å². The first kappa shape index (κ1) is 20.5. The first-order valence-corrected chi connectivity index (χ1v) is 10.5. The number of ether oxygens (including phenoxy) is 3. The van der Waals surface area contributed by atoms with Crippen LogP contribution in [-0.2, 0) is 26.3 Å². The van der Waals surface area contributed by atoms with Crippen LogP contribution >= 0.6 is 11.6 Å². The monoisotopic (exact) mass is 429 g/mol. The minimum absolute atomic E-state index is 0.307. The topological polar surface area (TPSA) is 73.9 Å². The van der Waals surface area contributed by atoms with Crippen LogP contribution in [0.25, 0.3) is 0 Å². The molecule has 6 nitrogen and oxygen atoms in total. The SMILES string of the molecule is O=C(COC(=O)C1(c2ccc3c(c2)OCCO3)CCCC1)NCc1ccc(Cl)cc1. The van der Waals surface area contributed by atoms with Gasteiger partial charge >= 0.3 is 5.97 Å². The predicted octanol–water partition coefficient (Wildman–Crippen LogP) is 3.78. The fraction of sp³-hybridized carbons (Fsp3) is 0.391. The summed E-state index contributed by atoms with van der Waals surface area (Å²) in [6.07, 6.45) is 3.26. The lowest BCUT2D eigenvalue weighted by Gasteiger charge is -2.28. The van der Waals surface area contributed by atoms with Gasteiger partial charge in [0.2, 0.25) is 0 Å². The molecule has 0 radical (unpaired) electrons. The second-order valence-corrected chi connectivity index (χ2v) is 8.06. The van der Waals surface area contributed by atoms with Crippen LogP contribution in [0.4, 0.5) is 0 Å². The Morgan fingerprint density at radius 1 is 1.00 bits per heavy atom. The molecule has 2 aromatic rings. The first-order chi connectivity index (χ1) is 14.6. The molecule has 4 rings (SSSR count). The highest BCUT2D eigenvalue weighted by atomic mass is 35.5. The zero-order valence-electron chi connectivity index (χ0n) is 16.6. The molecule has 1 fully saturated rings. The summed E-state index contributed by atoms with van der Waals surface area (Å²) >= 11 is 5.86. The quantitative estimate of drug-likeness (QED) is 0.707. The molecule has 1 amide bonds. The number of fused-ring (bicyclic) bond motifs is 1. The van der Waals surface area contributed by atoms with Crippen molar-refractivity contribution in [2.45, 2.75) is 37.6 Å². The number of amides is 1. The zero-order chi connectivity index (χ0) is 21.0. The molecule has 0 unspecified atom stereocenters. The van der Waals surface area contributed by atoms with Crippen molar-refractivity contribution in [1.29, 1.82) is 0 Å².